The summed E-state index contributed by atoms with van der Waals surface area (Å²) >= 11 is 0. The van der Waals surface area contributed by atoms with Crippen LogP contribution in [0, 0.1) is 11.8 Å². The number of alkyl halides is 3. The van der Waals surface area contributed by atoms with Gasteiger partial charge in [-0.2, -0.15) is 18.2 Å². The molecule has 37 heavy (non-hydrogen) atoms. The molecule has 0 bridgehead atoms. The van der Waals surface area contributed by atoms with E-state index in [2.05, 4.69) is 27.5 Å². The second-order valence-electron chi connectivity index (χ2n) is 8.52. The van der Waals surface area contributed by atoms with Crippen molar-refractivity contribution in [2.24, 2.45) is 7.05 Å². The normalized spacial score (nSPS) is 17.7. The average molecular weight is 520 g/mol. The molecule has 13 heteroatoms. The van der Waals surface area contributed by atoms with E-state index in [4.69, 9.17) is 4.84 Å². The molecule has 3 heterocycles. The molecule has 1 aromatic carbocycles. The topological polar surface area (TPSA) is 95.0 Å². The first kappa shape index (κ1) is 26.3. The first-order chi connectivity index (χ1) is 17.7. The molecule has 0 spiro atoms. The summed E-state index contributed by atoms with van der Waals surface area (Å²) in [5, 5.41) is 7.05. The van der Waals surface area contributed by atoms with E-state index in [1.165, 1.54) is 16.5 Å². The predicted octanol–water partition coefficient (Wildman–Crippen LogP) is 1.29. The van der Waals surface area contributed by atoms with Gasteiger partial charge in [0.1, 0.15) is 0 Å². The number of nitrogens with one attached hydrogen (secondary N) is 2. The highest BCUT2D eigenvalue weighted by atomic mass is 19.4. The Labute approximate surface area is 212 Å². The number of hydroxylamine groups is 1. The Morgan fingerprint density at radius 2 is 1.95 bits per heavy atom. The lowest BCUT2D eigenvalue weighted by atomic mass is 10.1. The molecule has 1 atom stereocenters. The van der Waals surface area contributed by atoms with E-state index in [0.29, 0.717) is 39.1 Å². The number of carbonyl (C=O) groups excluding carboxylic acids is 1. The fourth-order valence-corrected chi connectivity index (χ4v) is 4.27. The van der Waals surface area contributed by atoms with Gasteiger partial charge in [0.05, 0.1) is 6.54 Å². The van der Waals surface area contributed by atoms with Crippen LogP contribution in [0.5, 0.6) is 0 Å². The Hall–Kier alpha value is -3.76. The molecule has 0 radical (unpaired) electrons. The van der Waals surface area contributed by atoms with Crippen LogP contribution >= 0.6 is 0 Å². The standard InChI is InChI=1S/C24H28F3N7O3/c1-3-4-14-33-18-19(30-22(31(2)20(18)35)29-11-10-17-8-6-5-7-9-17)34(37-21(36)24(25,26)27)23(33)32-15-12-28-13-16-32/h5-9,23,28H,10-16H2,1-2H3,(H,29,30). The van der Waals surface area contributed by atoms with Gasteiger partial charge in [-0.15, -0.1) is 11.0 Å². The maximum absolute atomic E-state index is 13.5. The van der Waals surface area contributed by atoms with Crippen LogP contribution in [0.4, 0.5) is 30.6 Å². The minimum Gasteiger partial charge on any atom is -0.355 e. The number of fused-ring (bicyclic) bond motifs is 1. The molecule has 10 nitrogen and oxygen atoms in total. The number of anilines is 3. The van der Waals surface area contributed by atoms with Gasteiger partial charge in [-0.3, -0.25) is 14.3 Å². The van der Waals surface area contributed by atoms with Gasteiger partial charge >= 0.3 is 12.1 Å². The van der Waals surface area contributed by atoms with Gasteiger partial charge in [-0.1, -0.05) is 36.3 Å². The molecule has 1 saturated heterocycles. The third-order valence-corrected chi connectivity index (χ3v) is 6.09. The van der Waals surface area contributed by atoms with Gasteiger partial charge in [0.15, 0.2) is 12.0 Å². The third-order valence-electron chi connectivity index (χ3n) is 6.09. The number of rotatable bonds is 7. The highest BCUT2D eigenvalue weighted by Crippen LogP contribution is 2.38. The highest BCUT2D eigenvalue weighted by molar-refractivity contribution is 5.80. The van der Waals surface area contributed by atoms with Crippen molar-refractivity contribution >= 4 is 23.4 Å². The highest BCUT2D eigenvalue weighted by Gasteiger charge is 2.50. The molecule has 0 amide bonds. The van der Waals surface area contributed by atoms with Gasteiger partial charge in [0, 0.05) is 39.8 Å². The van der Waals surface area contributed by atoms with Crippen molar-refractivity contribution in [2.45, 2.75) is 25.8 Å². The second kappa shape index (κ2) is 11.1. The number of piperazine rings is 1. The fourth-order valence-electron chi connectivity index (χ4n) is 4.27. The van der Waals surface area contributed by atoms with Crippen LogP contribution in [0.15, 0.2) is 35.1 Å². The summed E-state index contributed by atoms with van der Waals surface area (Å²) in [7, 11) is 1.52. The van der Waals surface area contributed by atoms with Crippen molar-refractivity contribution in [1.82, 2.24) is 19.8 Å². The first-order valence-electron chi connectivity index (χ1n) is 11.8. The monoisotopic (exact) mass is 519 g/mol. The fraction of sp³-hybridized carbons (Fsp3) is 0.458. The van der Waals surface area contributed by atoms with Crippen molar-refractivity contribution in [3.63, 3.8) is 0 Å². The van der Waals surface area contributed by atoms with Crippen LogP contribution in [0.2, 0.25) is 0 Å². The largest absolute Gasteiger partial charge is 0.493 e. The molecule has 2 N–H and O–H groups in total. The number of hydrogen-bond acceptors (Lipinski definition) is 9. The van der Waals surface area contributed by atoms with Crippen molar-refractivity contribution < 1.29 is 22.8 Å². The summed E-state index contributed by atoms with van der Waals surface area (Å²) in [5.74, 6) is 3.18. The van der Waals surface area contributed by atoms with E-state index in [1.54, 1.807) is 6.92 Å². The molecule has 0 saturated carbocycles. The van der Waals surface area contributed by atoms with Gasteiger partial charge in [0.2, 0.25) is 11.8 Å². The Bertz CT molecular complexity index is 1230. The second-order valence-corrected chi connectivity index (χ2v) is 8.52. The predicted molar refractivity (Wildman–Crippen MR) is 132 cm³/mol. The Morgan fingerprint density at radius 3 is 2.59 bits per heavy atom. The number of nitrogens with zero attached hydrogens (tertiary/aromatic N) is 5. The van der Waals surface area contributed by atoms with E-state index in [-0.39, 0.29) is 24.0 Å². The Kier molecular flexibility index (Phi) is 7.89. The minimum absolute atomic E-state index is 0.0115. The lowest BCUT2D eigenvalue weighted by Crippen LogP contribution is -2.61. The average Bonchev–Trinajstić information content (AvgIpc) is 3.19. The summed E-state index contributed by atoms with van der Waals surface area (Å²) in [6.45, 7) is 4.08. The molecule has 1 aromatic heterocycles. The van der Waals surface area contributed by atoms with Crippen LogP contribution in [0.3, 0.4) is 0 Å². The lowest BCUT2D eigenvalue weighted by Gasteiger charge is -2.40. The van der Waals surface area contributed by atoms with E-state index in [1.807, 2.05) is 35.2 Å². The maximum atomic E-state index is 13.5. The number of halogens is 3. The minimum atomic E-state index is -5.23. The lowest BCUT2D eigenvalue weighted by molar-refractivity contribution is -0.203. The van der Waals surface area contributed by atoms with Crippen LogP contribution in [-0.2, 0) is 23.1 Å². The van der Waals surface area contributed by atoms with Gasteiger partial charge in [-0.05, 0) is 18.9 Å². The van der Waals surface area contributed by atoms with E-state index in [0.717, 1.165) is 10.6 Å². The molecule has 1 unspecified atom stereocenters. The van der Waals surface area contributed by atoms with Gasteiger partial charge < -0.3 is 20.4 Å². The van der Waals surface area contributed by atoms with Gasteiger partial charge in [-0.25, -0.2) is 4.79 Å². The van der Waals surface area contributed by atoms with Crippen LogP contribution in [-0.4, -0.2) is 72.2 Å². The van der Waals surface area contributed by atoms with E-state index in [9.17, 15) is 22.8 Å². The zero-order valence-electron chi connectivity index (χ0n) is 20.5. The van der Waals surface area contributed by atoms with Crippen molar-refractivity contribution in [3.8, 4) is 11.8 Å². The smallest absolute Gasteiger partial charge is 0.355 e. The number of benzene rings is 1. The molecule has 2 aliphatic rings. The molecule has 2 aliphatic heterocycles. The number of aromatic nitrogens is 2. The molecule has 4 rings (SSSR count). The first-order valence-corrected chi connectivity index (χ1v) is 11.8. The van der Waals surface area contributed by atoms with E-state index < -0.39 is 24.0 Å². The Morgan fingerprint density at radius 1 is 1.24 bits per heavy atom. The summed E-state index contributed by atoms with van der Waals surface area (Å²) in [5.41, 5.74) is 0.568. The number of carbonyl (C=O) groups is 1. The summed E-state index contributed by atoms with van der Waals surface area (Å²) < 4.78 is 41.0. The van der Waals surface area contributed by atoms with Crippen molar-refractivity contribution in [1.29, 1.82) is 0 Å². The molecular formula is C24H28F3N7O3. The van der Waals surface area contributed by atoms with Crippen LogP contribution in [0.1, 0.15) is 12.5 Å². The molecule has 0 aliphatic carbocycles. The summed E-state index contributed by atoms with van der Waals surface area (Å²) in [6.07, 6.45) is -5.63. The van der Waals surface area contributed by atoms with E-state index >= 15 is 0 Å². The molecule has 2 aromatic rings. The number of hydrogen-bond donors (Lipinski definition) is 2. The van der Waals surface area contributed by atoms with Gasteiger partial charge in [0.25, 0.3) is 5.56 Å². The SMILES string of the molecule is CC#CCN1c2c(nc(NCCc3ccccc3)n(C)c2=O)N(OC(=O)C(F)(F)F)C1N1CCNCC1. The summed E-state index contributed by atoms with van der Waals surface area (Å²) in [6, 6.07) is 9.65. The molecular weight excluding hydrogens is 491 g/mol. The van der Waals surface area contributed by atoms with Crippen LogP contribution in [0.25, 0.3) is 0 Å². The molecule has 198 valence electrons. The van der Waals surface area contributed by atoms with Crippen molar-refractivity contribution in [3.05, 3.63) is 46.2 Å². The Balaban J connectivity index is 1.74. The molecule has 1 fully saturated rings. The zero-order chi connectivity index (χ0) is 26.6. The third kappa shape index (κ3) is 5.65. The maximum Gasteiger partial charge on any atom is 0.493 e. The van der Waals surface area contributed by atoms with Crippen LogP contribution < -0.4 is 26.2 Å². The quantitative estimate of drug-likeness (QED) is 0.525. The van der Waals surface area contributed by atoms with Crippen molar-refractivity contribution in [2.75, 3.05) is 54.5 Å². The zero-order valence-corrected chi connectivity index (χ0v) is 20.5. The summed E-state index contributed by atoms with van der Waals surface area (Å²) in [4.78, 5) is 38.2.